The van der Waals surface area contributed by atoms with Gasteiger partial charge < -0.3 is 14.7 Å². The molecule has 0 atom stereocenters. The van der Waals surface area contributed by atoms with E-state index in [-0.39, 0.29) is 0 Å². The number of aromatic nitrogens is 1. The summed E-state index contributed by atoms with van der Waals surface area (Å²) in [6.07, 6.45) is 1.18. The number of nitrogens with zero attached hydrogens (tertiary/aromatic N) is 3. The van der Waals surface area contributed by atoms with Crippen molar-refractivity contribution in [1.29, 1.82) is 0 Å². The first-order valence-corrected chi connectivity index (χ1v) is 7.56. The average molecular weight is 282 g/mol. The third-order valence-electron chi connectivity index (χ3n) is 3.21. The molecule has 1 aromatic heterocycles. The molecule has 0 spiro atoms. The van der Waals surface area contributed by atoms with E-state index in [2.05, 4.69) is 61.2 Å². The van der Waals surface area contributed by atoms with Crippen LogP contribution >= 0.6 is 0 Å². The van der Waals surface area contributed by atoms with Gasteiger partial charge in [-0.3, -0.25) is 4.90 Å². The molecule has 5 heteroatoms. The van der Waals surface area contributed by atoms with Crippen molar-refractivity contribution < 1.29 is 4.52 Å². The minimum atomic E-state index is 0.466. The normalized spacial score (nSPS) is 12.0. The Morgan fingerprint density at radius 3 is 2.65 bits per heavy atom. The van der Waals surface area contributed by atoms with Crippen molar-refractivity contribution in [2.24, 2.45) is 0 Å². The van der Waals surface area contributed by atoms with Gasteiger partial charge in [0.2, 0.25) is 0 Å². The predicted molar refractivity (Wildman–Crippen MR) is 82.6 cm³/mol. The first-order chi connectivity index (χ1) is 9.51. The monoisotopic (exact) mass is 282 g/mol. The summed E-state index contributed by atoms with van der Waals surface area (Å²) in [6.45, 7) is 11.3. The molecular formula is C15H30N4O. The lowest BCUT2D eigenvalue weighted by Gasteiger charge is -2.19. The van der Waals surface area contributed by atoms with Gasteiger partial charge in [-0.2, -0.15) is 0 Å². The average Bonchev–Trinajstić information content (AvgIpc) is 2.82. The molecule has 0 radical (unpaired) electrons. The SMILES string of the molecule is CCN(CCCN(C)C)Cc1cc(CNC(C)C)no1. The van der Waals surface area contributed by atoms with Crippen LogP contribution in [-0.2, 0) is 13.1 Å². The van der Waals surface area contributed by atoms with Crippen LogP contribution in [0.3, 0.4) is 0 Å². The lowest BCUT2D eigenvalue weighted by Crippen LogP contribution is -2.26. The van der Waals surface area contributed by atoms with Crippen molar-refractivity contribution in [2.45, 2.75) is 46.3 Å². The molecule has 1 aromatic rings. The van der Waals surface area contributed by atoms with Gasteiger partial charge in [0.15, 0.2) is 5.76 Å². The molecule has 116 valence electrons. The Balaban J connectivity index is 2.37. The maximum atomic E-state index is 5.41. The molecule has 0 aromatic carbocycles. The first-order valence-electron chi connectivity index (χ1n) is 7.56. The number of rotatable bonds is 10. The Morgan fingerprint density at radius 1 is 1.30 bits per heavy atom. The maximum Gasteiger partial charge on any atom is 0.151 e. The minimum absolute atomic E-state index is 0.466. The molecule has 0 unspecified atom stereocenters. The van der Waals surface area contributed by atoms with E-state index in [1.165, 1.54) is 6.42 Å². The highest BCUT2D eigenvalue weighted by molar-refractivity contribution is 5.05. The van der Waals surface area contributed by atoms with Gasteiger partial charge in [0.05, 0.1) is 12.2 Å². The highest BCUT2D eigenvalue weighted by atomic mass is 16.5. The molecule has 1 heterocycles. The number of hydrogen-bond acceptors (Lipinski definition) is 5. The Kier molecular flexibility index (Phi) is 7.80. The zero-order chi connectivity index (χ0) is 15.0. The predicted octanol–water partition coefficient (Wildman–Crippen LogP) is 1.95. The van der Waals surface area contributed by atoms with Gasteiger partial charge in [0.25, 0.3) is 0 Å². The van der Waals surface area contributed by atoms with Crippen molar-refractivity contribution in [1.82, 2.24) is 20.3 Å². The highest BCUT2D eigenvalue weighted by Crippen LogP contribution is 2.08. The molecule has 0 fully saturated rings. The molecule has 0 saturated carbocycles. The molecule has 0 amide bonds. The fraction of sp³-hybridized carbons (Fsp3) is 0.800. The molecule has 20 heavy (non-hydrogen) atoms. The van der Waals surface area contributed by atoms with Crippen molar-refractivity contribution in [2.75, 3.05) is 33.7 Å². The Morgan fingerprint density at radius 2 is 2.05 bits per heavy atom. The molecule has 1 N–H and O–H groups in total. The lowest BCUT2D eigenvalue weighted by molar-refractivity contribution is 0.228. The molecule has 0 aliphatic rings. The van der Waals surface area contributed by atoms with Crippen LogP contribution in [0, 0.1) is 0 Å². The van der Waals surface area contributed by atoms with Crippen LogP contribution in [0.4, 0.5) is 0 Å². The molecule has 5 nitrogen and oxygen atoms in total. The van der Waals surface area contributed by atoms with Crippen LogP contribution in [0.25, 0.3) is 0 Å². The zero-order valence-corrected chi connectivity index (χ0v) is 13.6. The van der Waals surface area contributed by atoms with Crippen molar-refractivity contribution in [3.63, 3.8) is 0 Å². The summed E-state index contributed by atoms with van der Waals surface area (Å²) in [5.41, 5.74) is 0.984. The third kappa shape index (κ3) is 7.03. The molecule has 0 saturated heterocycles. The van der Waals surface area contributed by atoms with Crippen LogP contribution in [0.1, 0.15) is 38.6 Å². The largest absolute Gasteiger partial charge is 0.360 e. The molecule has 0 bridgehead atoms. The van der Waals surface area contributed by atoms with Crippen LogP contribution in [0.5, 0.6) is 0 Å². The van der Waals surface area contributed by atoms with E-state index in [9.17, 15) is 0 Å². The first kappa shape index (κ1) is 17.1. The van der Waals surface area contributed by atoms with E-state index in [1.54, 1.807) is 0 Å². The summed E-state index contributed by atoms with van der Waals surface area (Å²) in [6, 6.07) is 2.53. The summed E-state index contributed by atoms with van der Waals surface area (Å²) in [5.74, 6) is 0.956. The van der Waals surface area contributed by atoms with Gasteiger partial charge in [0.1, 0.15) is 0 Å². The van der Waals surface area contributed by atoms with Gasteiger partial charge in [-0.1, -0.05) is 25.9 Å². The fourth-order valence-electron chi connectivity index (χ4n) is 2.00. The van der Waals surface area contributed by atoms with E-state index >= 15 is 0 Å². The van der Waals surface area contributed by atoms with E-state index in [1.807, 2.05) is 0 Å². The summed E-state index contributed by atoms with van der Waals surface area (Å²) in [4.78, 5) is 4.61. The topological polar surface area (TPSA) is 44.5 Å². The maximum absolute atomic E-state index is 5.41. The molecule has 1 rings (SSSR count). The molecule has 0 aliphatic heterocycles. The summed E-state index contributed by atoms with van der Waals surface area (Å²) in [7, 11) is 4.22. The number of nitrogens with one attached hydrogen (secondary N) is 1. The smallest absolute Gasteiger partial charge is 0.151 e. The van der Waals surface area contributed by atoms with Crippen LogP contribution in [-0.4, -0.2) is 54.7 Å². The second-order valence-electron chi connectivity index (χ2n) is 5.85. The Labute approximate surface area is 123 Å². The highest BCUT2D eigenvalue weighted by Gasteiger charge is 2.09. The fourth-order valence-corrected chi connectivity index (χ4v) is 2.00. The Bertz CT molecular complexity index is 363. The second-order valence-corrected chi connectivity index (χ2v) is 5.85. The lowest BCUT2D eigenvalue weighted by atomic mass is 10.3. The summed E-state index contributed by atoms with van der Waals surface area (Å²) in [5, 5.41) is 7.46. The molecular weight excluding hydrogens is 252 g/mol. The van der Waals surface area contributed by atoms with E-state index in [4.69, 9.17) is 4.52 Å². The van der Waals surface area contributed by atoms with Crippen LogP contribution in [0.15, 0.2) is 10.6 Å². The van der Waals surface area contributed by atoms with Gasteiger partial charge in [-0.25, -0.2) is 0 Å². The van der Waals surface area contributed by atoms with Gasteiger partial charge in [-0.05, 0) is 40.2 Å². The quantitative estimate of drug-likeness (QED) is 0.710. The van der Waals surface area contributed by atoms with Crippen molar-refractivity contribution in [3.8, 4) is 0 Å². The van der Waals surface area contributed by atoms with Crippen molar-refractivity contribution in [3.05, 3.63) is 17.5 Å². The van der Waals surface area contributed by atoms with E-state index in [0.717, 1.165) is 44.2 Å². The van der Waals surface area contributed by atoms with Gasteiger partial charge in [-0.15, -0.1) is 0 Å². The number of hydrogen-bond donors (Lipinski definition) is 1. The van der Waals surface area contributed by atoms with Crippen LogP contribution in [0.2, 0.25) is 0 Å². The summed E-state index contributed by atoms with van der Waals surface area (Å²) < 4.78 is 5.41. The second kappa shape index (κ2) is 9.10. The zero-order valence-electron chi connectivity index (χ0n) is 13.6. The van der Waals surface area contributed by atoms with E-state index in [0.29, 0.717) is 6.04 Å². The van der Waals surface area contributed by atoms with Crippen molar-refractivity contribution >= 4 is 0 Å². The van der Waals surface area contributed by atoms with Gasteiger partial charge >= 0.3 is 0 Å². The van der Waals surface area contributed by atoms with Gasteiger partial charge in [0, 0.05) is 18.7 Å². The summed E-state index contributed by atoms with van der Waals surface area (Å²) >= 11 is 0. The minimum Gasteiger partial charge on any atom is -0.360 e. The Hall–Kier alpha value is -0.910. The van der Waals surface area contributed by atoms with E-state index < -0.39 is 0 Å². The standard InChI is InChI=1S/C15H30N4O/c1-6-19(9-7-8-18(4)5)12-15-10-14(17-20-15)11-16-13(2)3/h10,13,16H,6-9,11-12H2,1-5H3. The molecule has 0 aliphatic carbocycles. The third-order valence-corrected chi connectivity index (χ3v) is 3.21. The van der Waals surface area contributed by atoms with Crippen LogP contribution < -0.4 is 5.32 Å².